The summed E-state index contributed by atoms with van der Waals surface area (Å²) in [5.74, 6) is 0.323. The number of rotatable bonds is 4. The van der Waals surface area contributed by atoms with Crippen LogP contribution >= 0.6 is 0 Å². The van der Waals surface area contributed by atoms with Gasteiger partial charge in [0, 0.05) is 13.1 Å². The first kappa shape index (κ1) is 14.5. The molecule has 0 spiro atoms. The van der Waals surface area contributed by atoms with Crippen LogP contribution in [-0.4, -0.2) is 36.0 Å². The van der Waals surface area contributed by atoms with Crippen LogP contribution in [0.25, 0.3) is 0 Å². The predicted octanol–water partition coefficient (Wildman–Crippen LogP) is 0.947. The van der Waals surface area contributed by atoms with Crippen LogP contribution in [0.2, 0.25) is 0 Å². The van der Waals surface area contributed by atoms with E-state index in [9.17, 15) is 4.79 Å². The fraction of sp³-hybridized carbons (Fsp3) is 0.923. The van der Waals surface area contributed by atoms with E-state index in [0.29, 0.717) is 11.8 Å². The summed E-state index contributed by atoms with van der Waals surface area (Å²) in [5, 5.41) is 0. The number of likely N-dealkylation sites (tertiary alicyclic amines) is 1. The zero-order valence-electron chi connectivity index (χ0n) is 11.6. The molecule has 1 aliphatic heterocycles. The van der Waals surface area contributed by atoms with Gasteiger partial charge in [-0.3, -0.25) is 4.79 Å². The van der Waals surface area contributed by atoms with Crippen molar-refractivity contribution in [3.63, 3.8) is 0 Å². The molecule has 1 amide bonds. The van der Waals surface area contributed by atoms with Gasteiger partial charge in [0.25, 0.3) is 0 Å². The van der Waals surface area contributed by atoms with Crippen LogP contribution in [0, 0.1) is 11.3 Å². The van der Waals surface area contributed by atoms with Crippen molar-refractivity contribution >= 4 is 5.91 Å². The maximum atomic E-state index is 11.1. The number of carbonyl (C=O) groups excluding carboxylic acids is 1. The number of nitrogens with two attached hydrogens (primary N) is 2. The Morgan fingerprint density at radius 1 is 1.35 bits per heavy atom. The lowest BCUT2D eigenvalue weighted by Crippen LogP contribution is -2.51. The van der Waals surface area contributed by atoms with Crippen molar-refractivity contribution in [2.24, 2.45) is 22.8 Å². The highest BCUT2D eigenvalue weighted by Crippen LogP contribution is 2.33. The van der Waals surface area contributed by atoms with E-state index >= 15 is 0 Å². The summed E-state index contributed by atoms with van der Waals surface area (Å²) in [7, 11) is 0. The molecule has 17 heavy (non-hydrogen) atoms. The van der Waals surface area contributed by atoms with Crippen molar-refractivity contribution in [2.45, 2.75) is 46.1 Å². The van der Waals surface area contributed by atoms with E-state index in [1.165, 1.54) is 6.42 Å². The van der Waals surface area contributed by atoms with Crippen LogP contribution < -0.4 is 11.5 Å². The first-order valence-electron chi connectivity index (χ1n) is 6.44. The van der Waals surface area contributed by atoms with E-state index < -0.39 is 11.4 Å². The molecule has 1 rings (SSSR count). The van der Waals surface area contributed by atoms with Crippen LogP contribution in [0.4, 0.5) is 0 Å². The van der Waals surface area contributed by atoms with Crippen LogP contribution in [0.3, 0.4) is 0 Å². The van der Waals surface area contributed by atoms with E-state index in [1.54, 1.807) is 6.92 Å². The molecule has 1 aliphatic rings. The Morgan fingerprint density at radius 3 is 2.35 bits per heavy atom. The van der Waals surface area contributed by atoms with E-state index in [2.05, 4.69) is 25.7 Å². The molecule has 0 aromatic heterocycles. The van der Waals surface area contributed by atoms with Crippen molar-refractivity contribution in [1.82, 2.24) is 4.90 Å². The standard InChI is InChI=1S/C13H27N3O/c1-12(2,3)10-5-7-16(9-10)8-6-13(4,15)11(14)17/h10H,5-9,15H2,1-4H3,(H2,14,17). The Kier molecular flexibility index (Phi) is 4.20. The molecule has 1 heterocycles. The molecule has 2 atom stereocenters. The van der Waals surface area contributed by atoms with Gasteiger partial charge in [0.2, 0.25) is 5.91 Å². The molecule has 4 N–H and O–H groups in total. The van der Waals surface area contributed by atoms with E-state index in [4.69, 9.17) is 11.5 Å². The Labute approximate surface area is 105 Å². The summed E-state index contributed by atoms with van der Waals surface area (Å²) in [6.07, 6.45) is 1.88. The van der Waals surface area contributed by atoms with Crippen molar-refractivity contribution in [2.75, 3.05) is 19.6 Å². The normalized spacial score (nSPS) is 25.8. The lowest BCUT2D eigenvalue weighted by atomic mass is 9.80. The quantitative estimate of drug-likeness (QED) is 0.769. The summed E-state index contributed by atoms with van der Waals surface area (Å²) >= 11 is 0. The monoisotopic (exact) mass is 241 g/mol. The molecular formula is C13H27N3O. The van der Waals surface area contributed by atoms with Gasteiger partial charge in [-0.25, -0.2) is 0 Å². The molecule has 4 nitrogen and oxygen atoms in total. The van der Waals surface area contributed by atoms with Crippen molar-refractivity contribution in [3.05, 3.63) is 0 Å². The molecule has 0 aromatic rings. The fourth-order valence-corrected chi connectivity index (χ4v) is 2.26. The molecule has 100 valence electrons. The molecule has 4 heteroatoms. The summed E-state index contributed by atoms with van der Waals surface area (Å²) in [5.41, 5.74) is 10.6. The van der Waals surface area contributed by atoms with Crippen LogP contribution in [-0.2, 0) is 4.79 Å². The SMILES string of the molecule is CC(N)(CCN1CCC(C(C)(C)C)C1)C(N)=O. The largest absolute Gasteiger partial charge is 0.368 e. The van der Waals surface area contributed by atoms with Gasteiger partial charge in [-0.2, -0.15) is 0 Å². The molecule has 0 saturated carbocycles. The highest BCUT2D eigenvalue weighted by Gasteiger charge is 2.33. The number of primary amides is 1. The van der Waals surface area contributed by atoms with Crippen molar-refractivity contribution < 1.29 is 4.79 Å². The van der Waals surface area contributed by atoms with Crippen LogP contribution in [0.15, 0.2) is 0 Å². The lowest BCUT2D eigenvalue weighted by molar-refractivity contribution is -0.122. The summed E-state index contributed by atoms with van der Waals surface area (Å²) in [6.45, 7) is 11.7. The molecular weight excluding hydrogens is 214 g/mol. The molecule has 0 aliphatic carbocycles. The second-order valence-electron chi connectivity index (χ2n) is 6.68. The highest BCUT2D eigenvalue weighted by molar-refractivity contribution is 5.83. The maximum Gasteiger partial charge on any atom is 0.237 e. The summed E-state index contributed by atoms with van der Waals surface area (Å²) in [4.78, 5) is 13.5. The zero-order valence-corrected chi connectivity index (χ0v) is 11.6. The average Bonchev–Trinajstić information content (AvgIpc) is 2.62. The number of hydrogen-bond donors (Lipinski definition) is 2. The second kappa shape index (κ2) is 4.94. The van der Waals surface area contributed by atoms with Gasteiger partial charge < -0.3 is 16.4 Å². The van der Waals surface area contributed by atoms with E-state index in [-0.39, 0.29) is 0 Å². The molecule has 0 bridgehead atoms. The zero-order chi connectivity index (χ0) is 13.3. The Morgan fingerprint density at radius 2 is 1.94 bits per heavy atom. The third-order valence-corrected chi connectivity index (χ3v) is 4.01. The molecule has 0 aromatic carbocycles. The van der Waals surface area contributed by atoms with E-state index in [1.807, 2.05) is 0 Å². The third-order valence-electron chi connectivity index (χ3n) is 4.01. The fourth-order valence-electron chi connectivity index (χ4n) is 2.26. The van der Waals surface area contributed by atoms with Gasteiger partial charge in [0.05, 0.1) is 5.54 Å². The Balaban J connectivity index is 2.39. The van der Waals surface area contributed by atoms with Crippen molar-refractivity contribution in [1.29, 1.82) is 0 Å². The van der Waals surface area contributed by atoms with Gasteiger partial charge in [-0.1, -0.05) is 20.8 Å². The van der Waals surface area contributed by atoms with Crippen LogP contribution in [0.5, 0.6) is 0 Å². The topological polar surface area (TPSA) is 72.3 Å². The highest BCUT2D eigenvalue weighted by atomic mass is 16.1. The number of carbonyl (C=O) groups is 1. The first-order valence-corrected chi connectivity index (χ1v) is 6.44. The Hall–Kier alpha value is -0.610. The lowest BCUT2D eigenvalue weighted by Gasteiger charge is -2.28. The van der Waals surface area contributed by atoms with Gasteiger partial charge in [0.1, 0.15) is 0 Å². The minimum Gasteiger partial charge on any atom is -0.368 e. The van der Waals surface area contributed by atoms with Gasteiger partial charge in [-0.15, -0.1) is 0 Å². The smallest absolute Gasteiger partial charge is 0.237 e. The number of amides is 1. The average molecular weight is 241 g/mol. The van der Waals surface area contributed by atoms with E-state index in [0.717, 1.165) is 25.6 Å². The van der Waals surface area contributed by atoms with Gasteiger partial charge in [-0.05, 0) is 37.6 Å². The first-order chi connectivity index (χ1) is 7.63. The minimum atomic E-state index is -0.875. The Bertz CT molecular complexity index is 281. The van der Waals surface area contributed by atoms with Crippen LogP contribution in [0.1, 0.15) is 40.5 Å². The second-order valence-corrected chi connectivity index (χ2v) is 6.68. The van der Waals surface area contributed by atoms with Gasteiger partial charge >= 0.3 is 0 Å². The molecule has 1 fully saturated rings. The van der Waals surface area contributed by atoms with Gasteiger partial charge in [0.15, 0.2) is 0 Å². The molecule has 0 radical (unpaired) electrons. The maximum absolute atomic E-state index is 11.1. The predicted molar refractivity (Wildman–Crippen MR) is 70.4 cm³/mol. The summed E-state index contributed by atoms with van der Waals surface area (Å²) < 4.78 is 0. The third kappa shape index (κ3) is 3.96. The number of hydrogen-bond acceptors (Lipinski definition) is 3. The summed E-state index contributed by atoms with van der Waals surface area (Å²) in [6, 6.07) is 0. The van der Waals surface area contributed by atoms with Crippen molar-refractivity contribution in [3.8, 4) is 0 Å². The minimum absolute atomic E-state index is 0.366. The molecule has 2 unspecified atom stereocenters. The molecule has 1 saturated heterocycles. The number of nitrogens with zero attached hydrogens (tertiary/aromatic N) is 1.